The number of aromatic nitrogens is 4. The predicted octanol–water partition coefficient (Wildman–Crippen LogP) is 1.71. The number of pyridine rings is 1. The molecule has 0 aliphatic heterocycles. The van der Waals surface area contributed by atoms with Crippen LogP contribution in [0.4, 0.5) is 19.0 Å². The van der Waals surface area contributed by atoms with Crippen LogP contribution in [0, 0.1) is 6.92 Å². The molecule has 0 unspecified atom stereocenters. The van der Waals surface area contributed by atoms with Gasteiger partial charge in [0.1, 0.15) is 18.2 Å². The van der Waals surface area contributed by atoms with Crippen LogP contribution >= 0.6 is 15.9 Å². The van der Waals surface area contributed by atoms with E-state index in [1.54, 1.807) is 6.92 Å². The van der Waals surface area contributed by atoms with Crippen molar-refractivity contribution in [1.29, 1.82) is 0 Å². The van der Waals surface area contributed by atoms with E-state index in [0.717, 1.165) is 10.7 Å². The van der Waals surface area contributed by atoms with Crippen molar-refractivity contribution in [2.45, 2.75) is 19.6 Å². The lowest BCUT2D eigenvalue weighted by Gasteiger charge is -2.10. The molecule has 2 heterocycles. The molecule has 0 aliphatic rings. The maximum Gasteiger partial charge on any atom is 0.417 e. The second kappa shape index (κ2) is 6.14. The summed E-state index contributed by atoms with van der Waals surface area (Å²) >= 11 is 2.92. The summed E-state index contributed by atoms with van der Waals surface area (Å²) in [6.45, 7) is 1.22. The van der Waals surface area contributed by atoms with Crippen LogP contribution in [0.25, 0.3) is 0 Å². The zero-order chi connectivity index (χ0) is 17.4. The van der Waals surface area contributed by atoms with Gasteiger partial charge in [0.2, 0.25) is 5.91 Å². The zero-order valence-corrected chi connectivity index (χ0v) is 13.6. The third-order valence-corrected chi connectivity index (χ3v) is 3.58. The lowest BCUT2D eigenvalue weighted by molar-refractivity contribution is -0.137. The molecule has 2 aromatic heterocycles. The van der Waals surface area contributed by atoms with E-state index in [9.17, 15) is 22.8 Å². The van der Waals surface area contributed by atoms with Gasteiger partial charge >= 0.3 is 11.9 Å². The topological polar surface area (TPSA) is 81.8 Å². The van der Waals surface area contributed by atoms with Crippen molar-refractivity contribution >= 4 is 27.7 Å². The Labute approximate surface area is 136 Å². The monoisotopic (exact) mass is 393 g/mol. The molecule has 0 bridgehead atoms. The van der Waals surface area contributed by atoms with Gasteiger partial charge in [-0.1, -0.05) is 0 Å². The third-order valence-electron chi connectivity index (χ3n) is 2.98. The van der Waals surface area contributed by atoms with Gasteiger partial charge in [0, 0.05) is 13.2 Å². The average Bonchev–Trinajstić information content (AvgIpc) is 2.67. The summed E-state index contributed by atoms with van der Waals surface area (Å²) in [6, 6.07) is 0.805. The number of alkyl halides is 3. The van der Waals surface area contributed by atoms with Crippen LogP contribution < -0.4 is 11.0 Å². The summed E-state index contributed by atoms with van der Waals surface area (Å²) in [5, 5.41) is 6.21. The Morgan fingerprint density at radius 3 is 2.57 bits per heavy atom. The molecule has 0 saturated carbocycles. The van der Waals surface area contributed by atoms with E-state index in [1.165, 1.54) is 11.6 Å². The van der Waals surface area contributed by atoms with E-state index < -0.39 is 23.3 Å². The Kier molecular flexibility index (Phi) is 4.59. The van der Waals surface area contributed by atoms with Crippen LogP contribution in [-0.2, 0) is 24.6 Å². The molecular formula is C12H11BrF3N5O2. The maximum absolute atomic E-state index is 12.5. The highest BCUT2D eigenvalue weighted by atomic mass is 79.9. The van der Waals surface area contributed by atoms with Crippen LogP contribution in [0.3, 0.4) is 0 Å². The molecule has 0 fully saturated rings. The van der Waals surface area contributed by atoms with E-state index in [0.29, 0.717) is 12.0 Å². The zero-order valence-electron chi connectivity index (χ0n) is 12.0. The second-order valence-electron chi connectivity index (χ2n) is 4.65. The van der Waals surface area contributed by atoms with Crippen molar-refractivity contribution in [3.63, 3.8) is 0 Å². The first-order valence-electron chi connectivity index (χ1n) is 6.22. The summed E-state index contributed by atoms with van der Waals surface area (Å²) in [5.74, 6) is -0.293. The van der Waals surface area contributed by atoms with E-state index in [1.807, 2.05) is 0 Å². The minimum Gasteiger partial charge on any atom is -0.308 e. The van der Waals surface area contributed by atoms with E-state index in [4.69, 9.17) is 0 Å². The molecule has 0 saturated heterocycles. The highest BCUT2D eigenvalue weighted by Crippen LogP contribution is 2.32. The van der Waals surface area contributed by atoms with Gasteiger partial charge in [0.25, 0.3) is 0 Å². The Morgan fingerprint density at radius 2 is 2.09 bits per heavy atom. The Morgan fingerprint density at radius 1 is 1.43 bits per heavy atom. The first-order valence-corrected chi connectivity index (χ1v) is 7.02. The van der Waals surface area contributed by atoms with Crippen LogP contribution in [0.15, 0.2) is 21.5 Å². The summed E-state index contributed by atoms with van der Waals surface area (Å²) in [5.41, 5.74) is -1.42. The molecule has 0 spiro atoms. The van der Waals surface area contributed by atoms with Crippen molar-refractivity contribution in [3.05, 3.63) is 38.6 Å². The smallest absolute Gasteiger partial charge is 0.308 e. The molecule has 0 aliphatic carbocycles. The van der Waals surface area contributed by atoms with Gasteiger partial charge in [-0.05, 0) is 28.9 Å². The number of halogens is 4. The fraction of sp³-hybridized carbons (Fsp3) is 0.333. The summed E-state index contributed by atoms with van der Waals surface area (Å²) < 4.78 is 39.8. The van der Waals surface area contributed by atoms with E-state index in [2.05, 4.69) is 31.3 Å². The Bertz CT molecular complexity index is 812. The van der Waals surface area contributed by atoms with Gasteiger partial charge in [0.15, 0.2) is 0 Å². The fourth-order valence-electron chi connectivity index (χ4n) is 1.69. The van der Waals surface area contributed by atoms with Gasteiger partial charge in [-0.2, -0.15) is 18.3 Å². The van der Waals surface area contributed by atoms with Crippen molar-refractivity contribution in [2.75, 3.05) is 5.32 Å². The molecule has 1 N–H and O–H groups in total. The van der Waals surface area contributed by atoms with Crippen LogP contribution in [0.1, 0.15) is 11.4 Å². The summed E-state index contributed by atoms with van der Waals surface area (Å²) in [6.07, 6.45) is -3.92. The first kappa shape index (κ1) is 17.2. The average molecular weight is 394 g/mol. The third kappa shape index (κ3) is 3.78. The molecule has 124 valence electrons. The molecule has 2 aromatic rings. The Balaban J connectivity index is 2.14. The molecule has 2 rings (SSSR count). The van der Waals surface area contributed by atoms with Crippen molar-refractivity contribution in [2.24, 2.45) is 7.05 Å². The normalized spacial score (nSPS) is 11.6. The lowest BCUT2D eigenvalue weighted by atomic mass is 10.3. The molecule has 0 aromatic carbocycles. The number of hydrogen-bond acceptors (Lipinski definition) is 4. The maximum atomic E-state index is 12.5. The number of aryl methyl sites for hydroxylation is 1. The van der Waals surface area contributed by atoms with Crippen LogP contribution in [-0.4, -0.2) is 25.2 Å². The van der Waals surface area contributed by atoms with Crippen molar-refractivity contribution in [3.8, 4) is 0 Å². The number of carbonyl (C=O) groups is 1. The van der Waals surface area contributed by atoms with Crippen molar-refractivity contribution in [1.82, 2.24) is 19.3 Å². The van der Waals surface area contributed by atoms with Crippen LogP contribution in [0.2, 0.25) is 0 Å². The molecule has 1 amide bonds. The first-order chi connectivity index (χ1) is 10.6. The lowest BCUT2D eigenvalue weighted by Crippen LogP contribution is -2.29. The standard InChI is InChI=1S/C12H11BrF3N5O2/c1-6-19-21(11(23)20(6)2)5-9(22)18-10-8(13)3-7(4-17-10)12(14,15)16/h3-4H,5H2,1-2H3,(H,17,18,22). The molecule has 7 nitrogen and oxygen atoms in total. The fourth-order valence-corrected chi connectivity index (χ4v) is 2.14. The van der Waals surface area contributed by atoms with E-state index >= 15 is 0 Å². The molecule has 11 heteroatoms. The highest BCUT2D eigenvalue weighted by Gasteiger charge is 2.31. The van der Waals surface area contributed by atoms with Gasteiger partial charge < -0.3 is 5.32 Å². The van der Waals surface area contributed by atoms with Gasteiger partial charge in [-0.3, -0.25) is 9.36 Å². The van der Waals surface area contributed by atoms with Gasteiger partial charge in [-0.15, -0.1) is 0 Å². The quantitative estimate of drug-likeness (QED) is 0.860. The highest BCUT2D eigenvalue weighted by molar-refractivity contribution is 9.10. The SMILES string of the molecule is Cc1nn(CC(=O)Nc2ncc(C(F)(F)F)cc2Br)c(=O)n1C. The number of rotatable bonds is 3. The number of carbonyl (C=O) groups excluding carboxylic acids is 1. The van der Waals surface area contributed by atoms with Gasteiger partial charge in [0.05, 0.1) is 10.0 Å². The number of amides is 1. The number of anilines is 1. The van der Waals surface area contributed by atoms with E-state index in [-0.39, 0.29) is 16.8 Å². The Hall–Kier alpha value is -2.17. The van der Waals surface area contributed by atoms with Crippen LogP contribution in [0.5, 0.6) is 0 Å². The predicted molar refractivity (Wildman–Crippen MR) is 77.8 cm³/mol. The molecule has 0 atom stereocenters. The largest absolute Gasteiger partial charge is 0.417 e. The second-order valence-corrected chi connectivity index (χ2v) is 5.50. The summed E-state index contributed by atoms with van der Waals surface area (Å²) in [7, 11) is 1.51. The number of hydrogen-bond donors (Lipinski definition) is 1. The number of nitrogens with zero attached hydrogens (tertiary/aromatic N) is 4. The van der Waals surface area contributed by atoms with Crippen molar-refractivity contribution < 1.29 is 18.0 Å². The number of nitrogens with one attached hydrogen (secondary N) is 1. The molecule has 0 radical (unpaired) electrons. The minimum absolute atomic E-state index is 0.0229. The minimum atomic E-state index is -4.53. The molecular weight excluding hydrogens is 383 g/mol. The van der Waals surface area contributed by atoms with Gasteiger partial charge in [-0.25, -0.2) is 14.5 Å². The summed E-state index contributed by atoms with van der Waals surface area (Å²) in [4.78, 5) is 27.2. The molecule has 23 heavy (non-hydrogen) atoms.